The lowest BCUT2D eigenvalue weighted by Crippen LogP contribution is -2.28. The number of hydrogen-bond acceptors (Lipinski definition) is 8. The summed E-state index contributed by atoms with van der Waals surface area (Å²) in [7, 11) is -4.54. The predicted molar refractivity (Wildman–Crippen MR) is 205 cm³/mol. The van der Waals surface area contributed by atoms with Crippen molar-refractivity contribution in [3.8, 4) is 0 Å². The van der Waals surface area contributed by atoms with Gasteiger partial charge in [0.1, 0.15) is 12.2 Å². The summed E-state index contributed by atoms with van der Waals surface area (Å²) in [6, 6.07) is 0. The van der Waals surface area contributed by atoms with Gasteiger partial charge in [0.2, 0.25) is 0 Å². The molecule has 0 amide bonds. The second kappa shape index (κ2) is 36.7. The minimum absolute atomic E-state index is 0.00144. The first-order valence-electron chi connectivity index (χ1n) is 18.9. The predicted octanol–water partition coefficient (Wildman–Crippen LogP) is 9.80. The Morgan fingerprint density at radius 2 is 1.14 bits per heavy atom. The molecule has 0 aromatic carbocycles. The molecular formula is C40H69O9P. The highest BCUT2D eigenvalue weighted by Crippen LogP contribution is 2.43. The number of aliphatic hydroxyl groups is 2. The highest BCUT2D eigenvalue weighted by molar-refractivity contribution is 7.47. The Kier molecular flexibility index (Phi) is 35.1. The minimum atomic E-state index is -4.54. The van der Waals surface area contributed by atoms with Crippen molar-refractivity contribution in [1.29, 1.82) is 0 Å². The number of aliphatic hydroxyl groups excluding tert-OH is 2. The second-order valence-corrected chi connectivity index (χ2v) is 13.7. The topological polar surface area (TPSA) is 132 Å². The van der Waals surface area contributed by atoms with Crippen LogP contribution < -0.4 is 0 Å². The van der Waals surface area contributed by atoms with Gasteiger partial charge in [-0.15, -0.1) is 0 Å². The molecule has 50 heavy (non-hydrogen) atoms. The quantitative estimate of drug-likeness (QED) is 0.0253. The molecule has 0 radical (unpaired) electrons. The number of phosphoric ester groups is 1. The van der Waals surface area contributed by atoms with Gasteiger partial charge in [-0.25, -0.2) is 4.57 Å². The fraction of sp³-hybridized carbons (Fsp3) is 0.675. The fourth-order valence-corrected chi connectivity index (χ4v) is 5.33. The van der Waals surface area contributed by atoms with E-state index < -0.39 is 45.8 Å². The molecule has 9 nitrogen and oxygen atoms in total. The van der Waals surface area contributed by atoms with Crippen LogP contribution in [0.5, 0.6) is 0 Å². The molecule has 3 N–H and O–H groups in total. The van der Waals surface area contributed by atoms with Crippen LogP contribution in [0.1, 0.15) is 129 Å². The average Bonchev–Trinajstić information content (AvgIpc) is 3.10. The molecule has 0 aliphatic rings. The summed E-state index contributed by atoms with van der Waals surface area (Å²) in [6.45, 7) is 3.21. The number of rotatable bonds is 35. The fourth-order valence-electron chi connectivity index (χ4n) is 4.54. The van der Waals surface area contributed by atoms with Crippen LogP contribution in [0, 0.1) is 0 Å². The molecule has 3 atom stereocenters. The van der Waals surface area contributed by atoms with Crippen molar-refractivity contribution in [1.82, 2.24) is 0 Å². The third-order valence-electron chi connectivity index (χ3n) is 7.41. The molecule has 0 aromatic rings. The molecule has 0 aromatic heterocycles. The molecule has 0 spiro atoms. The first kappa shape index (κ1) is 47.9. The molecule has 0 heterocycles. The third-order valence-corrected chi connectivity index (χ3v) is 8.36. The van der Waals surface area contributed by atoms with Crippen LogP contribution in [0.2, 0.25) is 0 Å². The highest BCUT2D eigenvalue weighted by Gasteiger charge is 2.26. The van der Waals surface area contributed by atoms with Crippen molar-refractivity contribution in [3.63, 3.8) is 0 Å². The smallest absolute Gasteiger partial charge is 0.457 e. The van der Waals surface area contributed by atoms with Crippen molar-refractivity contribution in [2.75, 3.05) is 33.0 Å². The van der Waals surface area contributed by atoms with E-state index in [1.54, 1.807) is 6.08 Å². The van der Waals surface area contributed by atoms with Crippen LogP contribution in [0.3, 0.4) is 0 Å². The molecule has 0 saturated heterocycles. The van der Waals surface area contributed by atoms with E-state index in [4.69, 9.17) is 23.6 Å². The Morgan fingerprint density at radius 3 is 1.70 bits per heavy atom. The minimum Gasteiger partial charge on any atom is -0.457 e. The lowest BCUT2D eigenvalue weighted by molar-refractivity contribution is -0.153. The van der Waals surface area contributed by atoms with Crippen molar-refractivity contribution in [2.45, 2.75) is 142 Å². The van der Waals surface area contributed by atoms with Gasteiger partial charge in [-0.05, 0) is 64.2 Å². The summed E-state index contributed by atoms with van der Waals surface area (Å²) in [5.74, 6) is -0.515. The number of carbonyl (C=O) groups excluding carboxylic acids is 1. The number of ether oxygens (including phenoxy) is 2. The van der Waals surface area contributed by atoms with Gasteiger partial charge >= 0.3 is 13.8 Å². The maximum atomic E-state index is 12.5. The Bertz CT molecular complexity index is 1000. The summed E-state index contributed by atoms with van der Waals surface area (Å²) < 4.78 is 33.1. The molecule has 0 fully saturated rings. The molecule has 10 heteroatoms. The van der Waals surface area contributed by atoms with Crippen molar-refractivity contribution < 1.29 is 43.0 Å². The Morgan fingerprint density at radius 1 is 0.640 bits per heavy atom. The van der Waals surface area contributed by atoms with Crippen LogP contribution in [0.4, 0.5) is 0 Å². The molecule has 288 valence electrons. The van der Waals surface area contributed by atoms with Crippen LogP contribution in [-0.4, -0.2) is 66.3 Å². The lowest BCUT2D eigenvalue weighted by Gasteiger charge is -2.20. The van der Waals surface area contributed by atoms with Gasteiger partial charge in [0.25, 0.3) is 0 Å². The average molecular weight is 725 g/mol. The summed E-state index contributed by atoms with van der Waals surface area (Å²) in [6.07, 6.45) is 41.7. The summed E-state index contributed by atoms with van der Waals surface area (Å²) in [5.41, 5.74) is 0. The van der Waals surface area contributed by atoms with Crippen molar-refractivity contribution in [2.24, 2.45) is 0 Å². The SMILES string of the molecule is CC/C=C\C/C=C\C/C=C\C/C=C\C/C=C\CC(=O)OC(COCCCCCCCC/C=C\CCCCCC)COP(=O)(O)OCC(O)CO. The van der Waals surface area contributed by atoms with E-state index in [0.717, 1.165) is 51.4 Å². The summed E-state index contributed by atoms with van der Waals surface area (Å²) in [4.78, 5) is 22.4. The van der Waals surface area contributed by atoms with Crippen LogP contribution in [0.15, 0.2) is 72.9 Å². The third kappa shape index (κ3) is 35.7. The van der Waals surface area contributed by atoms with Gasteiger partial charge in [0, 0.05) is 6.61 Å². The highest BCUT2D eigenvalue weighted by atomic mass is 31.2. The number of allylic oxidation sites excluding steroid dienone is 11. The van der Waals surface area contributed by atoms with E-state index in [2.05, 4.69) is 68.5 Å². The number of hydrogen-bond donors (Lipinski definition) is 3. The van der Waals surface area contributed by atoms with Gasteiger partial charge in [0.05, 0.1) is 32.8 Å². The van der Waals surface area contributed by atoms with Gasteiger partial charge in [0.15, 0.2) is 0 Å². The monoisotopic (exact) mass is 724 g/mol. The van der Waals surface area contributed by atoms with Gasteiger partial charge in [-0.3, -0.25) is 13.8 Å². The van der Waals surface area contributed by atoms with Crippen LogP contribution in [0.25, 0.3) is 0 Å². The zero-order chi connectivity index (χ0) is 36.8. The van der Waals surface area contributed by atoms with Crippen LogP contribution in [-0.2, 0) is 27.9 Å². The molecular weight excluding hydrogens is 655 g/mol. The molecule has 0 aliphatic carbocycles. The van der Waals surface area contributed by atoms with E-state index in [1.807, 2.05) is 12.2 Å². The molecule has 0 saturated carbocycles. The van der Waals surface area contributed by atoms with Gasteiger partial charge in [-0.2, -0.15) is 0 Å². The second-order valence-electron chi connectivity index (χ2n) is 12.2. The summed E-state index contributed by atoms with van der Waals surface area (Å²) >= 11 is 0. The molecule has 0 bridgehead atoms. The Hall–Kier alpha value is -2.10. The standard InChI is InChI=1S/C40H69O9P/c1-3-5-7-9-11-13-15-17-19-20-22-24-26-28-30-32-40(43)49-39(37-48-50(44,45)47-35-38(42)34-41)36-46-33-31-29-27-25-23-21-18-16-14-12-10-8-6-4-2/h5,7,11,13-14,16-17,19,22,24,28,30,38-39,41-42H,3-4,6,8-10,12,15,18,20-21,23,25-27,29,31-37H2,1-2H3,(H,44,45)/b7-5-,13-11-,16-14-,19-17-,24-22-,30-28-. The summed E-state index contributed by atoms with van der Waals surface area (Å²) in [5, 5.41) is 18.3. The van der Waals surface area contributed by atoms with E-state index in [9.17, 15) is 19.4 Å². The van der Waals surface area contributed by atoms with Gasteiger partial charge < -0.3 is 24.6 Å². The van der Waals surface area contributed by atoms with Gasteiger partial charge in [-0.1, -0.05) is 132 Å². The van der Waals surface area contributed by atoms with E-state index in [0.29, 0.717) is 13.0 Å². The van der Waals surface area contributed by atoms with E-state index >= 15 is 0 Å². The number of phosphoric acid groups is 1. The Balaban J connectivity index is 4.42. The molecule has 0 aliphatic heterocycles. The zero-order valence-corrected chi connectivity index (χ0v) is 32.0. The lowest BCUT2D eigenvalue weighted by atomic mass is 10.1. The number of carbonyl (C=O) groups is 1. The first-order chi connectivity index (χ1) is 24.3. The maximum absolute atomic E-state index is 12.5. The van der Waals surface area contributed by atoms with E-state index in [-0.39, 0.29) is 13.0 Å². The molecule has 3 unspecified atom stereocenters. The number of unbranched alkanes of at least 4 members (excludes halogenated alkanes) is 10. The van der Waals surface area contributed by atoms with Crippen molar-refractivity contribution >= 4 is 13.8 Å². The van der Waals surface area contributed by atoms with Crippen LogP contribution >= 0.6 is 7.82 Å². The largest absolute Gasteiger partial charge is 0.472 e. The zero-order valence-electron chi connectivity index (χ0n) is 31.1. The molecule has 0 rings (SSSR count). The maximum Gasteiger partial charge on any atom is 0.472 e. The normalized spacial score (nSPS) is 15.1. The van der Waals surface area contributed by atoms with Crippen molar-refractivity contribution in [3.05, 3.63) is 72.9 Å². The first-order valence-corrected chi connectivity index (χ1v) is 20.4. The Labute approximate surface area is 303 Å². The van der Waals surface area contributed by atoms with E-state index in [1.165, 1.54) is 51.4 Å². The number of esters is 1.